The molecule has 2 amide bonds. The minimum Gasteiger partial charge on any atom is -0.399 e. The van der Waals surface area contributed by atoms with Gasteiger partial charge < -0.3 is 51.3 Å². The van der Waals surface area contributed by atoms with Crippen molar-refractivity contribution in [2.45, 2.75) is 146 Å². The summed E-state index contributed by atoms with van der Waals surface area (Å²) in [6.07, 6.45) is 8.65. The first-order valence-electron chi connectivity index (χ1n) is 24.7. The number of nitrogen functional groups attached to an aromatic ring is 1. The average Bonchev–Trinajstić information content (AvgIpc) is 3.96. The molecule has 6 rings (SSSR count). The Kier molecular flexibility index (Phi) is 37.7. The zero-order valence-electron chi connectivity index (χ0n) is 44.2. The van der Waals surface area contributed by atoms with Gasteiger partial charge in [-0.3, -0.25) is 29.9 Å². The van der Waals surface area contributed by atoms with E-state index in [1.165, 1.54) is 24.4 Å². The zero-order chi connectivity index (χ0) is 54.5. The van der Waals surface area contributed by atoms with Crippen LogP contribution in [0.15, 0.2) is 60.7 Å². The summed E-state index contributed by atoms with van der Waals surface area (Å²) >= 11 is 7.83. The highest BCUT2D eigenvalue weighted by atomic mass is 35.5. The number of nitrogens with zero attached hydrogens (tertiary/aromatic N) is 2. The van der Waals surface area contributed by atoms with Gasteiger partial charge >= 0.3 is 0 Å². The SMILES string of the molecule is C.CCC[C@@H]1C[C@@H](C(=O)N[C@H](C=O)[C@H]2OC(SC)[C@H](C)[C@H](C)C2C)N(C)C1.CCC[C@@H]1C[C@@H](C(=O)N[C@H](CNc2ccccc2)[C@H]2OC(SC)[C@H](O)[C@H](O)C2O)N(C)C1.CCl.CSF.Nc1ccccc1.OO. The van der Waals surface area contributed by atoms with Gasteiger partial charge in [-0.1, -0.05) is 91.3 Å². The molecule has 16 nitrogen and oxygen atoms in total. The molecule has 0 bridgehead atoms. The van der Waals surface area contributed by atoms with Crippen molar-refractivity contribution in [2.24, 2.45) is 29.6 Å². The van der Waals surface area contributed by atoms with E-state index in [4.69, 9.17) is 25.7 Å². The van der Waals surface area contributed by atoms with E-state index >= 15 is 0 Å². The maximum Gasteiger partial charge on any atom is 0.238 e. The van der Waals surface area contributed by atoms with E-state index < -0.39 is 41.9 Å². The van der Waals surface area contributed by atoms with Crippen LogP contribution in [0.2, 0.25) is 0 Å². The van der Waals surface area contributed by atoms with Crippen molar-refractivity contribution in [1.29, 1.82) is 0 Å². The Hall–Kier alpha value is -2.44. The Balaban J connectivity index is 0.00000113. The number of para-hydroxylation sites is 2. The molecular weight excluding hydrogens is 1020 g/mol. The van der Waals surface area contributed by atoms with Gasteiger partial charge in [0.1, 0.15) is 47.6 Å². The predicted molar refractivity (Wildman–Crippen MR) is 303 cm³/mol. The number of rotatable bonds is 16. The van der Waals surface area contributed by atoms with Crippen LogP contribution >= 0.6 is 47.3 Å². The van der Waals surface area contributed by atoms with Gasteiger partial charge in [-0.05, 0) is 106 Å². The number of amides is 2. The van der Waals surface area contributed by atoms with E-state index in [0.717, 1.165) is 69.3 Å². The van der Waals surface area contributed by atoms with E-state index in [2.05, 4.69) is 72.0 Å². The van der Waals surface area contributed by atoms with Gasteiger partial charge in [0.2, 0.25) is 11.8 Å². The van der Waals surface area contributed by atoms with Gasteiger partial charge in [0.05, 0.1) is 24.2 Å². The lowest BCUT2D eigenvalue weighted by Crippen LogP contribution is -2.64. The van der Waals surface area contributed by atoms with Crippen molar-refractivity contribution in [3.05, 3.63) is 60.7 Å². The molecule has 4 fully saturated rings. The van der Waals surface area contributed by atoms with Gasteiger partial charge in [0.15, 0.2) is 0 Å². The first kappa shape index (κ1) is 70.6. The monoisotopic (exact) mass is 1110 g/mol. The van der Waals surface area contributed by atoms with Crippen LogP contribution in [0.5, 0.6) is 0 Å². The van der Waals surface area contributed by atoms with Gasteiger partial charge in [0, 0.05) is 55.8 Å². The standard InChI is InChI=1S/C23H37N3O5S.C20H36N2O3S.C6H7N.CH3Cl.CH3FS.CH4.H2O2/c1-4-8-14-11-17(26(2)13-14)22(30)25-16(12-24-15-9-6-5-7-10-15)21-19(28)18(27)20(29)23(31-21)32-3;1-7-8-15-9-17(22(5)10-15)19(24)21-16(11-23)18-13(3)12(2)14(4)20(25-18)26-6;7-6-4-2-1-3-5-6;1-2;1-3-2;;1-2/h5-7,9-10,14,16-21,23-24,27-29H,4,8,11-13H2,1-3H3,(H,25,30);11-18,20H,7-10H2,1-6H3,(H,21,24);1-5H,7H2;1H3;1H3;1H4;1-2H/t14-,16-,17+,18-,19?,20-,21-,23?;12-,13?,14-,15-,16-,17+,18+,20?;;;;;/m11...../s1. The maximum atomic E-state index is 13.2. The quantitative estimate of drug-likeness (QED) is 0.0258. The van der Waals surface area contributed by atoms with Crippen LogP contribution in [0.1, 0.15) is 80.6 Å². The summed E-state index contributed by atoms with van der Waals surface area (Å²) in [6, 6.07) is 17.5. The predicted octanol–water partition coefficient (Wildman–Crippen LogP) is 7.67. The van der Waals surface area contributed by atoms with Crippen molar-refractivity contribution in [3.8, 4) is 0 Å². The highest BCUT2D eigenvalue weighted by Crippen LogP contribution is 2.40. The molecule has 0 saturated carbocycles. The van der Waals surface area contributed by atoms with E-state index in [1.54, 1.807) is 18.0 Å². The fraction of sp³-hybridized carbons (Fsp3) is 0.712. The second-order valence-electron chi connectivity index (χ2n) is 18.7. The van der Waals surface area contributed by atoms with Crippen molar-refractivity contribution in [3.63, 3.8) is 0 Å². The number of nitrogens with one attached hydrogen (secondary N) is 3. The summed E-state index contributed by atoms with van der Waals surface area (Å²) in [5.41, 5.74) is 6.42. The number of halogens is 2. The van der Waals surface area contributed by atoms with E-state index in [-0.39, 0.29) is 60.9 Å². The zero-order valence-corrected chi connectivity index (χ0v) is 47.4. The first-order valence-corrected chi connectivity index (χ1v) is 29.1. The molecule has 21 heteroatoms. The minimum absolute atomic E-state index is 0. The molecule has 73 heavy (non-hydrogen) atoms. The fourth-order valence-corrected chi connectivity index (χ4v) is 11.4. The Morgan fingerprint density at radius 1 is 0.753 bits per heavy atom. The topological polar surface area (TPSA) is 239 Å². The Morgan fingerprint density at radius 2 is 1.21 bits per heavy atom. The summed E-state index contributed by atoms with van der Waals surface area (Å²) in [5, 5.41) is 52.7. The number of aliphatic hydroxyl groups is 3. The summed E-state index contributed by atoms with van der Waals surface area (Å²) < 4.78 is 22.4. The third-order valence-electron chi connectivity index (χ3n) is 13.9. The van der Waals surface area contributed by atoms with E-state index in [0.29, 0.717) is 30.2 Å². The van der Waals surface area contributed by atoms with Crippen LogP contribution in [0.3, 0.4) is 0 Å². The highest BCUT2D eigenvalue weighted by molar-refractivity contribution is 7.99. The second kappa shape index (κ2) is 39.0. The molecule has 0 spiro atoms. The molecular formula is C52H92ClFN6O10S3. The number of carbonyl (C=O) groups is 3. The molecule has 4 heterocycles. The third kappa shape index (κ3) is 22.6. The van der Waals surface area contributed by atoms with Crippen LogP contribution in [0, 0.1) is 29.6 Å². The molecule has 422 valence electrons. The van der Waals surface area contributed by atoms with Gasteiger partial charge in [0.25, 0.3) is 0 Å². The first-order chi connectivity index (χ1) is 34.5. The van der Waals surface area contributed by atoms with Crippen LogP contribution in [0.25, 0.3) is 0 Å². The maximum absolute atomic E-state index is 13.2. The second-order valence-corrected chi connectivity index (χ2v) is 20.9. The number of likely N-dealkylation sites (N-methyl/N-ethyl adjacent to an activating group) is 2. The molecule has 2 aromatic rings. The minimum atomic E-state index is -1.36. The number of hydrogen-bond donors (Lipinski definition) is 9. The lowest BCUT2D eigenvalue weighted by molar-refractivity contribution is -0.204. The molecule has 2 aromatic carbocycles. The van der Waals surface area contributed by atoms with Crippen LogP contribution < -0.4 is 21.7 Å². The molecule has 0 radical (unpaired) electrons. The molecule has 10 N–H and O–H groups in total. The molecule has 4 aliphatic heterocycles. The molecule has 4 saturated heterocycles. The normalized spacial score (nSPS) is 30.3. The Morgan fingerprint density at radius 3 is 1.63 bits per heavy atom. The number of hydrogen-bond acceptors (Lipinski definition) is 17. The van der Waals surface area contributed by atoms with Crippen molar-refractivity contribution >= 4 is 76.7 Å². The summed E-state index contributed by atoms with van der Waals surface area (Å²) in [4.78, 5) is 42.1. The Bertz CT molecular complexity index is 1750. The number of aliphatic hydroxyl groups excluding tert-OH is 3. The van der Waals surface area contributed by atoms with Crippen molar-refractivity contribution in [2.75, 3.05) is 69.9 Å². The highest BCUT2D eigenvalue weighted by Gasteiger charge is 2.48. The van der Waals surface area contributed by atoms with Crippen molar-refractivity contribution < 1.29 is 53.6 Å². The number of anilines is 2. The molecule has 4 aliphatic rings. The summed E-state index contributed by atoms with van der Waals surface area (Å²) in [7, 11) is 3.97. The summed E-state index contributed by atoms with van der Waals surface area (Å²) in [6.45, 7) is 13.0. The van der Waals surface area contributed by atoms with Crippen LogP contribution in [-0.2, 0) is 23.9 Å². The van der Waals surface area contributed by atoms with E-state index in [1.807, 2.05) is 81.0 Å². The van der Waals surface area contributed by atoms with Crippen molar-refractivity contribution in [1.82, 2.24) is 20.4 Å². The van der Waals surface area contributed by atoms with Crippen LogP contribution in [0.4, 0.5) is 15.3 Å². The number of thioether (sulfide) groups is 2. The number of ether oxygens (including phenoxy) is 2. The molecule has 0 aromatic heterocycles. The van der Waals surface area contributed by atoms with Gasteiger partial charge in [-0.25, -0.2) is 0 Å². The average molecular weight is 1110 g/mol. The van der Waals surface area contributed by atoms with Crippen LogP contribution in [-0.4, -0.2) is 178 Å². The van der Waals surface area contributed by atoms with Gasteiger partial charge in [-0.2, -0.15) is 3.89 Å². The molecule has 4 unspecified atom stereocenters. The lowest BCUT2D eigenvalue weighted by atomic mass is 9.77. The number of alkyl halides is 1. The molecule has 16 atom stereocenters. The number of nitrogens with two attached hydrogens (primary N) is 1. The Labute approximate surface area is 454 Å². The van der Waals surface area contributed by atoms with Gasteiger partial charge in [-0.15, -0.1) is 35.1 Å². The number of benzene rings is 2. The number of carbonyl (C=O) groups excluding carboxylic acids is 3. The lowest BCUT2D eigenvalue weighted by Gasteiger charge is -2.45. The molecule has 0 aliphatic carbocycles. The number of likely N-dealkylation sites (tertiary alicyclic amines) is 2. The smallest absolute Gasteiger partial charge is 0.238 e. The largest absolute Gasteiger partial charge is 0.399 e. The summed E-state index contributed by atoms with van der Waals surface area (Å²) in [5.74, 6) is 2.01. The number of aldehydes is 1. The fourth-order valence-electron chi connectivity index (χ4n) is 9.79. The third-order valence-corrected chi connectivity index (χ3v) is 15.7. The van der Waals surface area contributed by atoms with E-state index in [9.17, 15) is 33.6 Å².